The zero-order valence-corrected chi connectivity index (χ0v) is 16.2. The molecule has 0 aromatic carbocycles. The minimum absolute atomic E-state index is 0.0804. The molecule has 1 N–H and O–H groups in total. The molecule has 26 heavy (non-hydrogen) atoms. The summed E-state index contributed by atoms with van der Waals surface area (Å²) in [5.74, 6) is 0.820. The van der Waals surface area contributed by atoms with Gasteiger partial charge in [0.2, 0.25) is 0 Å². The third-order valence-corrected chi connectivity index (χ3v) is 6.60. The molecule has 0 aromatic heterocycles. The summed E-state index contributed by atoms with van der Waals surface area (Å²) in [5, 5.41) is 2.95. The fraction of sp³-hybridized carbons (Fsp3) is 0.824. The molecule has 4 amide bonds. The number of morpholine rings is 1. The summed E-state index contributed by atoms with van der Waals surface area (Å²) < 4.78 is 5.47. The summed E-state index contributed by atoms with van der Waals surface area (Å²) >= 11 is 1.94. The Bertz CT molecular complexity index is 547. The summed E-state index contributed by atoms with van der Waals surface area (Å²) in [5.41, 5.74) is -0.0804. The van der Waals surface area contributed by atoms with E-state index in [2.05, 4.69) is 10.2 Å². The summed E-state index contributed by atoms with van der Waals surface area (Å²) in [6.45, 7) is 6.64. The number of nitrogens with zero attached hydrogens (tertiary/aromatic N) is 3. The molecule has 0 bridgehead atoms. The Morgan fingerprint density at radius 2 is 1.81 bits per heavy atom. The van der Waals surface area contributed by atoms with Gasteiger partial charge in [-0.15, -0.1) is 0 Å². The fourth-order valence-corrected chi connectivity index (χ4v) is 5.15. The number of carbonyl (C=O) groups excluding carboxylic acids is 3. The van der Waals surface area contributed by atoms with Crippen LogP contribution in [0.15, 0.2) is 0 Å². The Morgan fingerprint density at radius 1 is 1.12 bits per heavy atom. The zero-order valence-electron chi connectivity index (χ0n) is 15.4. The molecule has 9 heteroatoms. The molecule has 0 unspecified atom stereocenters. The van der Waals surface area contributed by atoms with E-state index < -0.39 is 17.8 Å². The third-order valence-electron chi connectivity index (χ3n) is 5.61. The van der Waals surface area contributed by atoms with Crippen molar-refractivity contribution in [2.45, 2.75) is 25.3 Å². The van der Waals surface area contributed by atoms with Crippen LogP contribution in [-0.4, -0.2) is 102 Å². The normalized spacial score (nSPS) is 24.7. The standard InChI is InChI=1S/C17H28N4O4S/c1-2-19-5-6-21(15(23)14(19)22)16(24)18-13-17(3-11-26-12-4-17)20-7-9-25-10-8-20/h2-13H2,1H3,(H,18,24). The lowest BCUT2D eigenvalue weighted by Gasteiger charge is -2.48. The topological polar surface area (TPSA) is 82.2 Å². The molecular weight excluding hydrogens is 356 g/mol. The van der Waals surface area contributed by atoms with Gasteiger partial charge in [-0.3, -0.25) is 19.4 Å². The van der Waals surface area contributed by atoms with Gasteiger partial charge in [0, 0.05) is 44.8 Å². The smallest absolute Gasteiger partial charge is 0.324 e. The van der Waals surface area contributed by atoms with Crippen molar-refractivity contribution in [1.29, 1.82) is 0 Å². The summed E-state index contributed by atoms with van der Waals surface area (Å²) in [4.78, 5) is 41.8. The number of likely N-dealkylation sites (N-methyl/N-ethyl adjacent to an activating group) is 1. The number of imide groups is 1. The van der Waals surface area contributed by atoms with Crippen LogP contribution in [0.25, 0.3) is 0 Å². The molecule has 3 saturated heterocycles. The Kier molecular flexibility index (Phi) is 6.42. The van der Waals surface area contributed by atoms with Crippen molar-refractivity contribution in [1.82, 2.24) is 20.0 Å². The highest BCUT2D eigenvalue weighted by Crippen LogP contribution is 2.32. The number of urea groups is 1. The second-order valence-corrected chi connectivity index (χ2v) is 8.16. The van der Waals surface area contributed by atoms with E-state index in [4.69, 9.17) is 4.74 Å². The van der Waals surface area contributed by atoms with E-state index >= 15 is 0 Å². The van der Waals surface area contributed by atoms with Crippen molar-refractivity contribution >= 4 is 29.6 Å². The molecule has 0 aromatic rings. The molecule has 0 atom stereocenters. The largest absolute Gasteiger partial charge is 0.379 e. The van der Waals surface area contributed by atoms with Crippen LogP contribution in [-0.2, 0) is 14.3 Å². The maximum atomic E-state index is 12.6. The first-order valence-corrected chi connectivity index (χ1v) is 10.5. The predicted octanol–water partition coefficient (Wildman–Crippen LogP) is -0.0153. The highest BCUT2D eigenvalue weighted by Gasteiger charge is 2.41. The monoisotopic (exact) mass is 384 g/mol. The van der Waals surface area contributed by atoms with Crippen LogP contribution in [0.1, 0.15) is 19.8 Å². The Labute approximate surface area is 158 Å². The molecule has 0 aliphatic carbocycles. The fourth-order valence-electron chi connectivity index (χ4n) is 3.90. The summed E-state index contributed by atoms with van der Waals surface area (Å²) in [7, 11) is 0. The summed E-state index contributed by atoms with van der Waals surface area (Å²) in [6, 6.07) is -0.454. The number of nitrogens with one attached hydrogen (secondary N) is 1. The lowest BCUT2D eigenvalue weighted by molar-refractivity contribution is -0.153. The second-order valence-electron chi connectivity index (χ2n) is 6.94. The van der Waals surface area contributed by atoms with Crippen LogP contribution in [0.3, 0.4) is 0 Å². The number of thioether (sulfide) groups is 1. The van der Waals surface area contributed by atoms with Gasteiger partial charge in [0.15, 0.2) is 0 Å². The first-order chi connectivity index (χ1) is 12.6. The van der Waals surface area contributed by atoms with Crippen LogP contribution in [0.5, 0.6) is 0 Å². The molecule has 146 valence electrons. The average molecular weight is 385 g/mol. The van der Waals surface area contributed by atoms with E-state index in [1.165, 1.54) is 4.90 Å². The van der Waals surface area contributed by atoms with Crippen LogP contribution in [0.4, 0.5) is 4.79 Å². The van der Waals surface area contributed by atoms with Gasteiger partial charge in [0.05, 0.1) is 13.2 Å². The average Bonchev–Trinajstić information content (AvgIpc) is 2.69. The first kappa shape index (κ1) is 19.4. The van der Waals surface area contributed by atoms with Crippen molar-refractivity contribution in [3.05, 3.63) is 0 Å². The molecule has 8 nitrogen and oxygen atoms in total. The molecule has 0 saturated carbocycles. The van der Waals surface area contributed by atoms with E-state index in [0.717, 1.165) is 55.6 Å². The van der Waals surface area contributed by atoms with Gasteiger partial charge in [-0.25, -0.2) is 4.79 Å². The van der Waals surface area contributed by atoms with E-state index in [-0.39, 0.29) is 12.1 Å². The highest BCUT2D eigenvalue weighted by atomic mass is 32.2. The lowest BCUT2D eigenvalue weighted by atomic mass is 9.89. The number of ether oxygens (including phenoxy) is 1. The van der Waals surface area contributed by atoms with Crippen LogP contribution < -0.4 is 5.32 Å². The van der Waals surface area contributed by atoms with Gasteiger partial charge in [-0.1, -0.05) is 0 Å². The zero-order chi connectivity index (χ0) is 18.6. The minimum atomic E-state index is -0.727. The Hall–Kier alpha value is -1.32. The van der Waals surface area contributed by atoms with Gasteiger partial charge in [-0.05, 0) is 31.3 Å². The van der Waals surface area contributed by atoms with Crippen molar-refractivity contribution in [3.63, 3.8) is 0 Å². The van der Waals surface area contributed by atoms with Gasteiger partial charge < -0.3 is 15.0 Å². The number of piperazine rings is 1. The second kappa shape index (κ2) is 8.58. The minimum Gasteiger partial charge on any atom is -0.379 e. The molecule has 3 heterocycles. The van der Waals surface area contributed by atoms with Crippen LogP contribution in [0, 0.1) is 0 Å². The van der Waals surface area contributed by atoms with Gasteiger partial charge in [-0.2, -0.15) is 11.8 Å². The Balaban J connectivity index is 1.62. The first-order valence-electron chi connectivity index (χ1n) is 9.36. The molecular formula is C17H28N4O4S. The van der Waals surface area contributed by atoms with Gasteiger partial charge >= 0.3 is 17.8 Å². The number of rotatable bonds is 4. The van der Waals surface area contributed by atoms with Gasteiger partial charge in [0.1, 0.15) is 0 Å². The summed E-state index contributed by atoms with van der Waals surface area (Å²) in [6.07, 6.45) is 2.02. The number of hydrogen-bond donors (Lipinski definition) is 1. The molecule has 3 aliphatic rings. The van der Waals surface area contributed by atoms with Crippen molar-refractivity contribution in [2.75, 3.05) is 64.0 Å². The lowest BCUT2D eigenvalue weighted by Crippen LogP contribution is -2.63. The Morgan fingerprint density at radius 3 is 2.46 bits per heavy atom. The highest BCUT2D eigenvalue weighted by molar-refractivity contribution is 7.99. The quantitative estimate of drug-likeness (QED) is 0.687. The van der Waals surface area contributed by atoms with Gasteiger partial charge in [0.25, 0.3) is 0 Å². The van der Waals surface area contributed by atoms with Crippen LogP contribution in [0.2, 0.25) is 0 Å². The molecule has 0 spiro atoms. The van der Waals surface area contributed by atoms with E-state index in [1.807, 2.05) is 18.7 Å². The van der Waals surface area contributed by atoms with Crippen LogP contribution >= 0.6 is 11.8 Å². The number of hydrogen-bond acceptors (Lipinski definition) is 6. The molecule has 3 aliphatic heterocycles. The van der Waals surface area contributed by atoms with Crippen molar-refractivity contribution < 1.29 is 19.1 Å². The number of amides is 4. The van der Waals surface area contributed by atoms with Crippen molar-refractivity contribution in [2.24, 2.45) is 0 Å². The SMILES string of the molecule is CCN1CCN(C(=O)NCC2(N3CCOCC3)CCSCC2)C(=O)C1=O. The maximum absolute atomic E-state index is 12.6. The van der Waals surface area contributed by atoms with Crippen molar-refractivity contribution in [3.8, 4) is 0 Å². The van der Waals surface area contributed by atoms with E-state index in [9.17, 15) is 14.4 Å². The molecule has 3 fully saturated rings. The third kappa shape index (κ3) is 3.99. The molecule has 3 rings (SSSR count). The number of carbonyl (C=O) groups is 3. The van der Waals surface area contributed by atoms with E-state index in [1.54, 1.807) is 0 Å². The maximum Gasteiger partial charge on any atom is 0.324 e. The van der Waals surface area contributed by atoms with E-state index in [0.29, 0.717) is 19.6 Å². The molecule has 0 radical (unpaired) electrons. The predicted molar refractivity (Wildman–Crippen MR) is 99.0 cm³/mol.